The zero-order valence-corrected chi connectivity index (χ0v) is 17.4. The Bertz CT molecular complexity index is 951. The maximum atomic E-state index is 14.8. The minimum atomic E-state index is -4.62. The van der Waals surface area contributed by atoms with Gasteiger partial charge >= 0.3 is 6.11 Å². The first-order valence-electron chi connectivity index (χ1n) is 10.5. The van der Waals surface area contributed by atoms with Crippen LogP contribution in [0.4, 0.5) is 30.7 Å². The second-order valence-electron chi connectivity index (χ2n) is 8.11. The molecule has 0 heterocycles. The Morgan fingerprint density at radius 2 is 1.59 bits per heavy atom. The van der Waals surface area contributed by atoms with Gasteiger partial charge < -0.3 is 4.74 Å². The molecule has 1 aliphatic carbocycles. The van der Waals surface area contributed by atoms with Crippen molar-refractivity contribution >= 4 is 0 Å². The molecule has 0 N–H and O–H groups in total. The molecule has 0 spiro atoms. The summed E-state index contributed by atoms with van der Waals surface area (Å²) in [6.07, 6.45) is -1.90. The van der Waals surface area contributed by atoms with Crippen LogP contribution < -0.4 is 4.74 Å². The van der Waals surface area contributed by atoms with Gasteiger partial charge in [-0.2, -0.15) is 17.6 Å². The summed E-state index contributed by atoms with van der Waals surface area (Å²) in [5.41, 5.74) is 0.472. The molecule has 0 radical (unpaired) electrons. The van der Waals surface area contributed by atoms with Gasteiger partial charge in [0.25, 0.3) is 6.08 Å². The van der Waals surface area contributed by atoms with Crippen LogP contribution in [0.15, 0.2) is 42.5 Å². The van der Waals surface area contributed by atoms with Crippen LogP contribution >= 0.6 is 0 Å². The van der Waals surface area contributed by atoms with Gasteiger partial charge in [-0.15, -0.1) is 0 Å². The number of alkyl halides is 2. The molecule has 1 nitrogen and oxygen atoms in total. The van der Waals surface area contributed by atoms with Gasteiger partial charge in [0.05, 0.1) is 6.08 Å². The molecule has 1 aliphatic rings. The summed E-state index contributed by atoms with van der Waals surface area (Å²) in [5, 5.41) is 0. The second kappa shape index (κ2) is 9.96. The van der Waals surface area contributed by atoms with Crippen LogP contribution in [0.3, 0.4) is 0 Å². The van der Waals surface area contributed by atoms with Crippen molar-refractivity contribution in [1.82, 2.24) is 0 Å². The number of ether oxygens (including phenoxy) is 1. The smallest absolute Gasteiger partial charge is 0.423 e. The lowest BCUT2D eigenvalue weighted by molar-refractivity contribution is -0.137. The van der Waals surface area contributed by atoms with Gasteiger partial charge in [0, 0.05) is 5.56 Å². The van der Waals surface area contributed by atoms with Gasteiger partial charge in [-0.1, -0.05) is 31.9 Å². The van der Waals surface area contributed by atoms with Crippen molar-refractivity contribution in [3.63, 3.8) is 0 Å². The number of hydrogen-bond donors (Lipinski definition) is 0. The SMILES string of the molecule is CCCC1CCC(c2ccc(-c3cc(F)c(OC(F)(F)C=C(F)F)c(F)c3)c(F)c2)CC1. The molecule has 0 amide bonds. The summed E-state index contributed by atoms with van der Waals surface area (Å²) in [6.45, 7) is 2.15. The van der Waals surface area contributed by atoms with Crippen LogP contribution in [0, 0.1) is 23.4 Å². The van der Waals surface area contributed by atoms with E-state index in [1.165, 1.54) is 18.6 Å². The second-order valence-corrected chi connectivity index (χ2v) is 8.11. The number of rotatable bonds is 7. The molecule has 1 fully saturated rings. The maximum Gasteiger partial charge on any atom is 0.425 e. The highest BCUT2D eigenvalue weighted by atomic mass is 19.3. The van der Waals surface area contributed by atoms with Gasteiger partial charge in [0.2, 0.25) is 0 Å². The Hall–Kier alpha value is -2.51. The van der Waals surface area contributed by atoms with E-state index in [0.29, 0.717) is 18.1 Å². The van der Waals surface area contributed by atoms with Crippen molar-refractivity contribution in [2.24, 2.45) is 5.92 Å². The van der Waals surface area contributed by atoms with Crippen LogP contribution in [0.2, 0.25) is 0 Å². The van der Waals surface area contributed by atoms with Crippen LogP contribution in [0.25, 0.3) is 11.1 Å². The molecule has 1 saturated carbocycles. The van der Waals surface area contributed by atoms with Gasteiger partial charge in [-0.25, -0.2) is 13.2 Å². The monoisotopic (exact) mass is 460 g/mol. The Morgan fingerprint density at radius 1 is 0.969 bits per heavy atom. The molecule has 0 saturated heterocycles. The summed E-state index contributed by atoms with van der Waals surface area (Å²) >= 11 is 0. The van der Waals surface area contributed by atoms with Gasteiger partial charge in [-0.3, -0.25) is 0 Å². The molecule has 174 valence electrons. The van der Waals surface area contributed by atoms with E-state index in [0.717, 1.165) is 37.7 Å². The van der Waals surface area contributed by atoms with Crippen molar-refractivity contribution in [3.05, 3.63) is 65.5 Å². The third-order valence-electron chi connectivity index (χ3n) is 5.83. The van der Waals surface area contributed by atoms with Crippen molar-refractivity contribution in [3.8, 4) is 16.9 Å². The van der Waals surface area contributed by atoms with E-state index in [2.05, 4.69) is 11.7 Å². The fourth-order valence-corrected chi connectivity index (χ4v) is 4.32. The first kappa shape index (κ1) is 24.1. The van der Waals surface area contributed by atoms with Crippen LogP contribution in [0.1, 0.15) is 56.9 Å². The van der Waals surface area contributed by atoms with Crippen LogP contribution in [0.5, 0.6) is 5.75 Å². The van der Waals surface area contributed by atoms with Crippen molar-refractivity contribution in [2.45, 2.75) is 57.5 Å². The molecule has 0 atom stereocenters. The summed E-state index contributed by atoms with van der Waals surface area (Å²) in [7, 11) is 0. The lowest BCUT2D eigenvalue weighted by Gasteiger charge is -2.28. The summed E-state index contributed by atoms with van der Waals surface area (Å²) in [4.78, 5) is 0. The van der Waals surface area contributed by atoms with E-state index in [9.17, 15) is 30.7 Å². The highest BCUT2D eigenvalue weighted by Crippen LogP contribution is 2.39. The fourth-order valence-electron chi connectivity index (χ4n) is 4.32. The molecule has 0 aromatic heterocycles. The minimum absolute atomic E-state index is 0.112. The van der Waals surface area contributed by atoms with Crippen LogP contribution in [-0.2, 0) is 0 Å². The zero-order valence-electron chi connectivity index (χ0n) is 17.4. The molecular weight excluding hydrogens is 437 g/mol. The quantitative estimate of drug-likeness (QED) is 0.376. The summed E-state index contributed by atoms with van der Waals surface area (Å²) in [5.74, 6) is -4.45. The lowest BCUT2D eigenvalue weighted by Crippen LogP contribution is -2.23. The first-order chi connectivity index (χ1) is 15.1. The Kier molecular flexibility index (Phi) is 7.51. The number of halogens is 7. The molecule has 3 rings (SSSR count). The normalized spacial score (nSPS) is 19.0. The molecular formula is C24H23F7O. The molecule has 0 unspecified atom stereocenters. The van der Waals surface area contributed by atoms with Gasteiger partial charge in [-0.05, 0) is 66.8 Å². The van der Waals surface area contributed by atoms with E-state index in [4.69, 9.17) is 0 Å². The summed E-state index contributed by atoms with van der Waals surface area (Å²) < 4.78 is 97.8. The van der Waals surface area contributed by atoms with E-state index in [1.807, 2.05) is 0 Å². The van der Waals surface area contributed by atoms with Crippen molar-refractivity contribution < 1.29 is 35.5 Å². The average Bonchev–Trinajstić information content (AvgIpc) is 2.70. The Morgan fingerprint density at radius 3 is 2.12 bits per heavy atom. The molecule has 2 aromatic rings. The van der Waals surface area contributed by atoms with Crippen molar-refractivity contribution in [2.75, 3.05) is 0 Å². The highest BCUT2D eigenvalue weighted by molar-refractivity contribution is 5.66. The molecule has 8 heteroatoms. The Labute approximate surface area is 181 Å². The third-order valence-corrected chi connectivity index (χ3v) is 5.83. The van der Waals surface area contributed by atoms with Gasteiger partial charge in [0.15, 0.2) is 17.4 Å². The van der Waals surface area contributed by atoms with E-state index in [1.54, 1.807) is 6.07 Å². The molecule has 0 bridgehead atoms. The average molecular weight is 460 g/mol. The predicted octanol–water partition coefficient (Wildman–Crippen LogP) is 8.60. The minimum Gasteiger partial charge on any atom is -0.423 e. The highest BCUT2D eigenvalue weighted by Gasteiger charge is 2.33. The van der Waals surface area contributed by atoms with Crippen molar-refractivity contribution in [1.29, 1.82) is 0 Å². The summed E-state index contributed by atoms with van der Waals surface area (Å²) in [6, 6.07) is 5.68. The largest absolute Gasteiger partial charge is 0.425 e. The van der Waals surface area contributed by atoms with E-state index >= 15 is 0 Å². The van der Waals surface area contributed by atoms with E-state index in [-0.39, 0.29) is 17.0 Å². The fraction of sp³-hybridized carbons (Fsp3) is 0.417. The number of benzene rings is 2. The zero-order chi connectivity index (χ0) is 23.5. The first-order valence-corrected chi connectivity index (χ1v) is 10.5. The Balaban J connectivity index is 1.81. The lowest BCUT2D eigenvalue weighted by atomic mass is 9.77. The van der Waals surface area contributed by atoms with Crippen LogP contribution in [-0.4, -0.2) is 6.11 Å². The third kappa shape index (κ3) is 5.84. The topological polar surface area (TPSA) is 9.23 Å². The molecule has 0 aliphatic heterocycles. The molecule has 2 aromatic carbocycles. The maximum absolute atomic E-state index is 14.8. The van der Waals surface area contributed by atoms with E-state index < -0.39 is 41.5 Å². The number of hydrogen-bond acceptors (Lipinski definition) is 1. The predicted molar refractivity (Wildman–Crippen MR) is 107 cm³/mol. The van der Waals surface area contributed by atoms with Gasteiger partial charge in [0.1, 0.15) is 5.82 Å². The molecule has 32 heavy (non-hydrogen) atoms. The standard InChI is InChI=1S/C24H23F7O/c1-2-3-14-4-6-15(7-5-14)16-8-9-18(19(25)10-16)17-11-20(26)23(21(27)12-17)32-24(30,31)13-22(28)29/h8-15H,2-7H2,1H3.